The summed E-state index contributed by atoms with van der Waals surface area (Å²) in [4.78, 5) is 24.5. The molecule has 2 N–H and O–H groups in total. The first-order chi connectivity index (χ1) is 13.7. The van der Waals surface area contributed by atoms with Gasteiger partial charge in [0.1, 0.15) is 0 Å². The number of carbonyl (C=O) groups excluding carboxylic acids is 1. The molecule has 4 heterocycles. The Balaban J connectivity index is 1.54. The van der Waals surface area contributed by atoms with Crippen LogP contribution in [-0.2, 0) is 6.42 Å². The molecular weight excluding hydrogens is 368 g/mol. The van der Waals surface area contributed by atoms with Crippen molar-refractivity contribution in [3.05, 3.63) is 77.5 Å². The van der Waals surface area contributed by atoms with E-state index < -0.39 is 10.9 Å². The number of aryl methyl sites for hydroxylation is 1. The molecule has 0 saturated heterocycles. The number of benzene rings is 1. The lowest BCUT2D eigenvalue weighted by Crippen LogP contribution is -2.34. The number of anilines is 1. The Labute approximate surface area is 166 Å². The van der Waals surface area contributed by atoms with Gasteiger partial charge in [-0.2, -0.15) is 0 Å². The van der Waals surface area contributed by atoms with E-state index in [2.05, 4.69) is 11.1 Å². The molecule has 0 aliphatic carbocycles. The molecule has 1 unspecified atom stereocenters. The van der Waals surface area contributed by atoms with Crippen molar-refractivity contribution in [3.63, 3.8) is 0 Å². The van der Waals surface area contributed by atoms with Crippen LogP contribution >= 0.6 is 10.9 Å². The van der Waals surface area contributed by atoms with Gasteiger partial charge in [0.05, 0.1) is 10.7 Å². The first-order valence-electron chi connectivity index (χ1n) is 9.30. The normalized spacial score (nSPS) is 18.9. The fourth-order valence-electron chi connectivity index (χ4n) is 3.81. The molecule has 28 heavy (non-hydrogen) atoms. The van der Waals surface area contributed by atoms with E-state index in [1.165, 1.54) is 5.56 Å². The van der Waals surface area contributed by atoms with Gasteiger partial charge in [0, 0.05) is 41.4 Å². The topological polar surface area (TPSA) is 72.1 Å². The molecule has 0 fully saturated rings. The van der Waals surface area contributed by atoms with Gasteiger partial charge in [-0.25, -0.2) is 4.98 Å². The van der Waals surface area contributed by atoms with Crippen molar-refractivity contribution >= 4 is 27.5 Å². The molecule has 140 valence electrons. The maximum atomic E-state index is 13.5. The van der Waals surface area contributed by atoms with Gasteiger partial charge in [0.15, 0.2) is 0 Å². The first-order valence-corrected chi connectivity index (χ1v) is 10.7. The zero-order valence-electron chi connectivity index (χ0n) is 15.2. The third kappa shape index (κ3) is 2.77. The number of carbonyl (C=O) groups is 1. The van der Waals surface area contributed by atoms with Gasteiger partial charge >= 0.3 is 0 Å². The summed E-state index contributed by atoms with van der Waals surface area (Å²) in [5.74, 6) is 0. The number of aromatic nitrogens is 2. The van der Waals surface area contributed by atoms with Crippen LogP contribution in [0.4, 0.5) is 10.5 Å². The Morgan fingerprint density at radius 1 is 1.11 bits per heavy atom. The average molecular weight is 388 g/mol. The quantitative estimate of drug-likeness (QED) is 0.608. The average Bonchev–Trinajstić information content (AvgIpc) is 3.09. The molecule has 6 heteroatoms. The third-order valence-electron chi connectivity index (χ3n) is 5.19. The number of amides is 1. The number of hydrogen-bond acceptors (Lipinski definition) is 4. The number of nitrogens with zero attached hydrogens (tertiary/aromatic N) is 3. The second-order valence-electron chi connectivity index (χ2n) is 6.93. The van der Waals surface area contributed by atoms with Gasteiger partial charge in [-0.05, 0) is 54.1 Å². The van der Waals surface area contributed by atoms with Crippen molar-refractivity contribution in [2.45, 2.75) is 17.9 Å². The van der Waals surface area contributed by atoms with Crippen LogP contribution in [0.15, 0.2) is 71.4 Å². The number of rotatable bonds is 1. The zero-order valence-corrected chi connectivity index (χ0v) is 16.1. The summed E-state index contributed by atoms with van der Waals surface area (Å²) in [7, 11) is -1.25. The molecule has 3 aromatic rings. The standard InChI is InChI=1S/C22H20N4OS/c23-18-14-28(22(27)26-12-4-7-15-5-1-2-8-20(15)26)21-17(18)9-10-19(25-21)16-6-3-11-24-13-16/h1-3,5-6,8-11,13-14,28H,4,7,12,23H2. The van der Waals surface area contributed by atoms with E-state index in [0.717, 1.165) is 46.9 Å². The maximum Gasteiger partial charge on any atom is 0.275 e. The van der Waals surface area contributed by atoms with E-state index in [0.29, 0.717) is 5.70 Å². The van der Waals surface area contributed by atoms with Crippen LogP contribution in [0.1, 0.15) is 17.5 Å². The maximum absolute atomic E-state index is 13.5. The van der Waals surface area contributed by atoms with Crippen LogP contribution in [0, 0.1) is 0 Å². The number of nitrogens with two attached hydrogens (primary N) is 1. The lowest BCUT2D eigenvalue weighted by Gasteiger charge is -2.32. The highest BCUT2D eigenvalue weighted by atomic mass is 32.2. The molecule has 0 radical (unpaired) electrons. The minimum absolute atomic E-state index is 0.0969. The van der Waals surface area contributed by atoms with E-state index in [4.69, 9.17) is 10.7 Å². The highest BCUT2D eigenvalue weighted by Gasteiger charge is 2.32. The third-order valence-corrected chi connectivity index (χ3v) is 7.17. The first kappa shape index (κ1) is 17.0. The highest BCUT2D eigenvalue weighted by molar-refractivity contribution is 8.32. The smallest absolute Gasteiger partial charge is 0.275 e. The van der Waals surface area contributed by atoms with E-state index in [-0.39, 0.29) is 5.24 Å². The second-order valence-corrected chi connectivity index (χ2v) is 8.73. The van der Waals surface area contributed by atoms with Crippen LogP contribution in [0.5, 0.6) is 0 Å². The molecule has 2 aliphatic heterocycles. The van der Waals surface area contributed by atoms with E-state index in [1.807, 2.05) is 52.8 Å². The van der Waals surface area contributed by atoms with Crippen LogP contribution in [-0.4, -0.2) is 21.8 Å². The minimum Gasteiger partial charge on any atom is -0.398 e. The van der Waals surface area contributed by atoms with Crippen LogP contribution in [0.2, 0.25) is 0 Å². The van der Waals surface area contributed by atoms with Crippen molar-refractivity contribution in [3.8, 4) is 11.3 Å². The van der Waals surface area contributed by atoms with Crippen molar-refractivity contribution in [1.29, 1.82) is 0 Å². The monoisotopic (exact) mass is 388 g/mol. The van der Waals surface area contributed by atoms with Crippen LogP contribution < -0.4 is 10.6 Å². The molecule has 0 spiro atoms. The molecule has 1 atom stereocenters. The van der Waals surface area contributed by atoms with Crippen molar-refractivity contribution in [1.82, 2.24) is 9.97 Å². The summed E-state index contributed by atoms with van der Waals surface area (Å²) in [6.45, 7) is 0.736. The van der Waals surface area contributed by atoms with Gasteiger partial charge < -0.3 is 10.6 Å². The molecule has 1 amide bonds. The summed E-state index contributed by atoms with van der Waals surface area (Å²) in [5, 5.41) is 2.79. The molecule has 1 aromatic carbocycles. The zero-order chi connectivity index (χ0) is 19.1. The number of hydrogen-bond donors (Lipinski definition) is 2. The van der Waals surface area contributed by atoms with Gasteiger partial charge in [0.25, 0.3) is 5.24 Å². The van der Waals surface area contributed by atoms with E-state index in [9.17, 15) is 4.79 Å². The molecular formula is C22H20N4OS. The fraction of sp³-hybridized carbons (Fsp3) is 0.136. The Kier molecular flexibility index (Phi) is 4.13. The molecule has 2 aliphatic rings. The predicted molar refractivity (Wildman–Crippen MR) is 114 cm³/mol. The van der Waals surface area contributed by atoms with Gasteiger partial charge in [0.2, 0.25) is 0 Å². The van der Waals surface area contributed by atoms with E-state index in [1.54, 1.807) is 12.4 Å². The molecule has 0 bridgehead atoms. The number of thiol groups is 1. The summed E-state index contributed by atoms with van der Waals surface area (Å²) in [6.07, 6.45) is 5.50. The minimum atomic E-state index is -1.25. The van der Waals surface area contributed by atoms with Crippen molar-refractivity contribution in [2.75, 3.05) is 11.4 Å². The Hall–Kier alpha value is -3.12. The lowest BCUT2D eigenvalue weighted by atomic mass is 10.0. The van der Waals surface area contributed by atoms with Gasteiger partial charge in [-0.1, -0.05) is 18.2 Å². The summed E-state index contributed by atoms with van der Waals surface area (Å²) in [5.41, 5.74) is 11.7. The molecule has 0 saturated carbocycles. The van der Waals surface area contributed by atoms with Crippen LogP contribution in [0.3, 0.4) is 0 Å². The highest BCUT2D eigenvalue weighted by Crippen LogP contribution is 2.50. The molecule has 2 aromatic heterocycles. The Morgan fingerprint density at radius 2 is 2.00 bits per heavy atom. The van der Waals surface area contributed by atoms with E-state index >= 15 is 0 Å². The Bertz CT molecular complexity index is 1100. The van der Waals surface area contributed by atoms with Crippen LogP contribution in [0.25, 0.3) is 17.0 Å². The van der Waals surface area contributed by atoms with Crippen molar-refractivity contribution in [2.24, 2.45) is 5.73 Å². The molecule has 5 rings (SSSR count). The second kappa shape index (κ2) is 6.80. The van der Waals surface area contributed by atoms with Crippen molar-refractivity contribution < 1.29 is 4.79 Å². The fourth-order valence-corrected chi connectivity index (χ4v) is 5.79. The predicted octanol–water partition coefficient (Wildman–Crippen LogP) is 4.35. The van der Waals surface area contributed by atoms with Gasteiger partial charge in [-0.3, -0.25) is 9.78 Å². The largest absolute Gasteiger partial charge is 0.398 e. The molecule has 5 nitrogen and oxygen atoms in total. The summed E-state index contributed by atoms with van der Waals surface area (Å²) in [6, 6.07) is 15.9. The number of fused-ring (bicyclic) bond motifs is 2. The summed E-state index contributed by atoms with van der Waals surface area (Å²) >= 11 is 0. The summed E-state index contributed by atoms with van der Waals surface area (Å²) < 4.78 is 0. The van der Waals surface area contributed by atoms with Gasteiger partial charge in [-0.15, -0.1) is 10.9 Å². The Morgan fingerprint density at radius 3 is 2.86 bits per heavy atom. The SMILES string of the molecule is NC1=C[SH](C(=O)N2CCCc3ccccc32)c2nc(-c3cccnc3)ccc21. The lowest BCUT2D eigenvalue weighted by molar-refractivity contribution is 0.264. The number of para-hydroxylation sites is 1. The number of pyridine rings is 2.